The van der Waals surface area contributed by atoms with Crippen LogP contribution in [0.1, 0.15) is 39.4 Å². The van der Waals surface area contributed by atoms with E-state index < -0.39 is 36.3 Å². The molecule has 1 aliphatic rings. The van der Waals surface area contributed by atoms with Gasteiger partial charge in [0.1, 0.15) is 0 Å². The number of hydrogen-bond donors (Lipinski definition) is 4. The number of aromatic amines is 2. The maximum atomic E-state index is 13.0. The van der Waals surface area contributed by atoms with E-state index in [4.69, 9.17) is 0 Å². The van der Waals surface area contributed by atoms with E-state index in [1.807, 2.05) is 0 Å². The van der Waals surface area contributed by atoms with Gasteiger partial charge in [-0.1, -0.05) is 6.07 Å². The van der Waals surface area contributed by atoms with Crippen LogP contribution in [0.4, 0.5) is 13.2 Å². The van der Waals surface area contributed by atoms with Crippen molar-refractivity contribution in [2.75, 3.05) is 20.2 Å². The number of imidazole rings is 1. The molecule has 1 saturated heterocycles. The molecule has 4 rings (SSSR count). The monoisotopic (exact) mass is 476 g/mol. The highest BCUT2D eigenvalue weighted by atomic mass is 19.4. The number of aromatic nitrogens is 2. The first-order chi connectivity index (χ1) is 16.1. The normalized spacial score (nSPS) is 18.2. The zero-order valence-corrected chi connectivity index (χ0v) is 18.2. The number of rotatable bonds is 5. The smallest absolute Gasteiger partial charge is 0.394 e. The van der Waals surface area contributed by atoms with Gasteiger partial charge in [-0.2, -0.15) is 18.2 Å². The van der Waals surface area contributed by atoms with Crippen LogP contribution in [0.2, 0.25) is 0 Å². The Kier molecular flexibility index (Phi) is 6.32. The first kappa shape index (κ1) is 23.7. The maximum absolute atomic E-state index is 13.0. The number of H-pyrrole nitrogens is 2. The SMILES string of the molecule is CN1CC[C@H](c2cc3[nH]/c(=N/C(=O)c4cccc(C(F)(F)F)c4)[nH]c3cc2CC(O)CO)C1=O. The van der Waals surface area contributed by atoms with Crippen molar-refractivity contribution >= 4 is 22.8 Å². The van der Waals surface area contributed by atoms with Gasteiger partial charge in [0, 0.05) is 25.6 Å². The number of fused-ring (bicyclic) bond motifs is 1. The van der Waals surface area contributed by atoms with E-state index in [1.165, 1.54) is 6.07 Å². The van der Waals surface area contributed by atoms with Crippen molar-refractivity contribution in [1.29, 1.82) is 0 Å². The van der Waals surface area contributed by atoms with E-state index >= 15 is 0 Å². The Morgan fingerprint density at radius 3 is 2.56 bits per heavy atom. The highest BCUT2D eigenvalue weighted by molar-refractivity contribution is 5.95. The Hall–Kier alpha value is -3.44. The summed E-state index contributed by atoms with van der Waals surface area (Å²) in [7, 11) is 1.71. The second-order valence-corrected chi connectivity index (χ2v) is 8.33. The molecule has 1 fully saturated rings. The molecule has 0 saturated carbocycles. The highest BCUT2D eigenvalue weighted by Gasteiger charge is 2.33. The summed E-state index contributed by atoms with van der Waals surface area (Å²) in [5.74, 6) is -1.33. The Labute approximate surface area is 191 Å². The molecule has 0 spiro atoms. The molecule has 0 bridgehead atoms. The molecule has 34 heavy (non-hydrogen) atoms. The van der Waals surface area contributed by atoms with Gasteiger partial charge in [-0.05, 0) is 47.9 Å². The minimum absolute atomic E-state index is 0.0260. The van der Waals surface area contributed by atoms with E-state index in [1.54, 1.807) is 24.1 Å². The zero-order chi connectivity index (χ0) is 24.6. The van der Waals surface area contributed by atoms with Gasteiger partial charge >= 0.3 is 6.18 Å². The molecule has 2 atom stereocenters. The van der Waals surface area contributed by atoms with Crippen molar-refractivity contribution in [3.63, 3.8) is 0 Å². The van der Waals surface area contributed by atoms with Crippen LogP contribution in [-0.2, 0) is 17.4 Å². The molecule has 2 heterocycles. The van der Waals surface area contributed by atoms with Crippen LogP contribution in [0, 0.1) is 0 Å². The molecule has 1 aliphatic heterocycles. The molecule has 1 unspecified atom stereocenters. The lowest BCUT2D eigenvalue weighted by molar-refractivity contribution is -0.137. The molecule has 11 heteroatoms. The van der Waals surface area contributed by atoms with Gasteiger partial charge in [0.2, 0.25) is 11.5 Å². The number of hydrogen-bond acceptors (Lipinski definition) is 4. The van der Waals surface area contributed by atoms with Gasteiger partial charge in [-0.15, -0.1) is 0 Å². The van der Waals surface area contributed by atoms with Crippen LogP contribution in [0.3, 0.4) is 0 Å². The van der Waals surface area contributed by atoms with Gasteiger partial charge in [0.15, 0.2) is 0 Å². The Balaban J connectivity index is 1.74. The average molecular weight is 476 g/mol. The third-order valence-corrected chi connectivity index (χ3v) is 5.90. The van der Waals surface area contributed by atoms with Gasteiger partial charge in [-0.3, -0.25) is 9.59 Å². The Morgan fingerprint density at radius 2 is 1.94 bits per heavy atom. The number of carbonyl (C=O) groups excluding carboxylic acids is 2. The minimum Gasteiger partial charge on any atom is -0.394 e. The second kappa shape index (κ2) is 9.07. The molecule has 0 aliphatic carbocycles. The van der Waals surface area contributed by atoms with Crippen LogP contribution < -0.4 is 5.62 Å². The summed E-state index contributed by atoms with van der Waals surface area (Å²) >= 11 is 0. The summed E-state index contributed by atoms with van der Waals surface area (Å²) in [6.07, 6.45) is -4.89. The summed E-state index contributed by atoms with van der Waals surface area (Å²) < 4.78 is 38.9. The Bertz CT molecular complexity index is 1310. The molecular weight excluding hydrogens is 453 g/mol. The maximum Gasteiger partial charge on any atom is 0.416 e. The third-order valence-electron chi connectivity index (χ3n) is 5.90. The fourth-order valence-corrected chi connectivity index (χ4v) is 4.14. The first-order valence-corrected chi connectivity index (χ1v) is 10.6. The molecule has 3 aromatic rings. The summed E-state index contributed by atoms with van der Waals surface area (Å²) in [6.45, 7) is 0.144. The van der Waals surface area contributed by atoms with Crippen molar-refractivity contribution in [2.24, 2.45) is 4.99 Å². The quantitative estimate of drug-likeness (QED) is 0.451. The van der Waals surface area contributed by atoms with E-state index in [0.29, 0.717) is 35.1 Å². The lowest BCUT2D eigenvalue weighted by atomic mass is 9.90. The molecule has 180 valence electrons. The molecule has 2 amide bonds. The number of carbonyl (C=O) groups is 2. The van der Waals surface area contributed by atoms with E-state index in [0.717, 1.165) is 18.2 Å². The van der Waals surface area contributed by atoms with E-state index in [9.17, 15) is 33.0 Å². The topological polar surface area (TPSA) is 122 Å². The van der Waals surface area contributed by atoms with Crippen LogP contribution in [0.5, 0.6) is 0 Å². The number of likely N-dealkylation sites (N-methyl/N-ethyl adjacent to an activating group) is 1. The lowest BCUT2D eigenvalue weighted by Crippen LogP contribution is -2.23. The number of nitrogens with one attached hydrogen (secondary N) is 2. The van der Waals surface area contributed by atoms with Crippen LogP contribution >= 0.6 is 0 Å². The first-order valence-electron chi connectivity index (χ1n) is 10.6. The number of nitrogens with zero attached hydrogens (tertiary/aromatic N) is 2. The standard InChI is InChI=1S/C23H23F3N4O4/c1-30-6-5-16(21(30)34)17-10-19-18(9-13(17)8-15(32)11-31)27-22(28-19)29-20(33)12-3-2-4-14(7-12)23(24,25)26/h2-4,7,9-10,15-16,31-32H,5-6,8,11H2,1H3,(H2,27,28,29,33)/t15?,16-/m1/s1. The van der Waals surface area contributed by atoms with Crippen LogP contribution in [0.15, 0.2) is 41.4 Å². The van der Waals surface area contributed by atoms with Gasteiger partial charge in [-0.25, -0.2) is 0 Å². The molecule has 0 radical (unpaired) electrons. The van der Waals surface area contributed by atoms with Crippen molar-refractivity contribution in [2.45, 2.75) is 31.0 Å². The zero-order valence-electron chi connectivity index (χ0n) is 18.2. The summed E-state index contributed by atoms with van der Waals surface area (Å²) in [5, 5.41) is 19.3. The van der Waals surface area contributed by atoms with Crippen LogP contribution in [0.25, 0.3) is 11.0 Å². The van der Waals surface area contributed by atoms with E-state index in [2.05, 4.69) is 15.0 Å². The molecule has 2 aromatic carbocycles. The summed E-state index contributed by atoms with van der Waals surface area (Å²) in [6, 6.07) is 7.44. The predicted molar refractivity (Wildman–Crippen MR) is 116 cm³/mol. The van der Waals surface area contributed by atoms with Gasteiger partial charge < -0.3 is 25.1 Å². The van der Waals surface area contributed by atoms with Crippen molar-refractivity contribution < 1.29 is 33.0 Å². The third kappa shape index (κ3) is 4.75. The fraction of sp³-hybridized carbons (Fsp3) is 0.348. The van der Waals surface area contributed by atoms with Crippen molar-refractivity contribution in [3.05, 3.63) is 64.3 Å². The number of benzene rings is 2. The number of aliphatic hydroxyl groups is 2. The van der Waals surface area contributed by atoms with E-state index in [-0.39, 0.29) is 23.5 Å². The highest BCUT2D eigenvalue weighted by Crippen LogP contribution is 2.33. The largest absolute Gasteiger partial charge is 0.416 e. The number of aliphatic hydroxyl groups excluding tert-OH is 2. The van der Waals surface area contributed by atoms with Crippen LogP contribution in [-0.4, -0.2) is 63.2 Å². The molecule has 8 nitrogen and oxygen atoms in total. The number of halogens is 3. The number of amides is 2. The van der Waals surface area contributed by atoms with Crippen molar-refractivity contribution in [1.82, 2.24) is 14.9 Å². The fourth-order valence-electron chi connectivity index (χ4n) is 4.14. The molecule has 1 aromatic heterocycles. The number of alkyl halides is 3. The van der Waals surface area contributed by atoms with Gasteiger partial charge in [0.05, 0.1) is 35.2 Å². The minimum atomic E-state index is -4.58. The second-order valence-electron chi connectivity index (χ2n) is 8.33. The van der Waals surface area contributed by atoms with Crippen molar-refractivity contribution in [3.8, 4) is 0 Å². The molecule has 4 N–H and O–H groups in total. The number of likely N-dealkylation sites (tertiary alicyclic amines) is 1. The lowest BCUT2D eigenvalue weighted by Gasteiger charge is -2.17. The molecular formula is C23H23F3N4O4. The summed E-state index contributed by atoms with van der Waals surface area (Å²) in [5.41, 5.74) is 1.28. The average Bonchev–Trinajstić information content (AvgIpc) is 3.34. The predicted octanol–water partition coefficient (Wildman–Crippen LogP) is 2.10. The van der Waals surface area contributed by atoms with Gasteiger partial charge in [0.25, 0.3) is 5.91 Å². The Morgan fingerprint density at radius 1 is 1.24 bits per heavy atom. The summed E-state index contributed by atoms with van der Waals surface area (Å²) in [4.78, 5) is 36.4.